The number of methoxy groups -OCH3 is 1. The van der Waals surface area contributed by atoms with Crippen molar-refractivity contribution in [2.45, 2.75) is 12.1 Å². The molecule has 0 aliphatic rings. The van der Waals surface area contributed by atoms with Crippen LogP contribution in [0.25, 0.3) is 10.2 Å². The molecule has 0 unspecified atom stereocenters. The number of aromatic nitrogens is 4. The first-order valence-electron chi connectivity index (χ1n) is 6.05. The first-order chi connectivity index (χ1) is 9.78. The Balaban J connectivity index is 1.82. The van der Waals surface area contributed by atoms with E-state index in [4.69, 9.17) is 4.74 Å². The highest BCUT2D eigenvalue weighted by molar-refractivity contribution is 7.99. The van der Waals surface area contributed by atoms with Gasteiger partial charge in [-0.15, -0.1) is 5.10 Å². The number of aromatic amines is 1. The van der Waals surface area contributed by atoms with Gasteiger partial charge in [0.15, 0.2) is 5.13 Å². The van der Waals surface area contributed by atoms with Gasteiger partial charge in [-0.1, -0.05) is 30.0 Å². The third-order valence-corrected chi connectivity index (χ3v) is 4.22. The Morgan fingerprint density at radius 1 is 1.40 bits per heavy atom. The first kappa shape index (κ1) is 13.2. The molecule has 3 aromatic rings. The minimum absolute atomic E-state index is 0.604. The zero-order valence-electron chi connectivity index (χ0n) is 11.0. The van der Waals surface area contributed by atoms with E-state index < -0.39 is 0 Å². The van der Waals surface area contributed by atoms with Gasteiger partial charge in [-0.2, -0.15) is 4.98 Å². The zero-order valence-corrected chi connectivity index (χ0v) is 12.6. The monoisotopic (exact) mass is 307 g/mol. The summed E-state index contributed by atoms with van der Waals surface area (Å²) in [5.74, 6) is 2.37. The molecular weight excluding hydrogens is 294 g/mol. The summed E-state index contributed by atoms with van der Waals surface area (Å²) < 4.78 is 6.27. The number of thioether (sulfide) groups is 1. The number of anilines is 2. The van der Waals surface area contributed by atoms with Crippen LogP contribution in [0.2, 0.25) is 0 Å². The van der Waals surface area contributed by atoms with E-state index in [9.17, 15) is 0 Å². The third-order valence-electron chi connectivity index (χ3n) is 2.56. The molecule has 0 radical (unpaired) electrons. The third kappa shape index (κ3) is 2.70. The number of rotatable bonds is 5. The second kappa shape index (κ2) is 5.68. The Kier molecular flexibility index (Phi) is 3.75. The van der Waals surface area contributed by atoms with E-state index in [0.717, 1.165) is 32.0 Å². The number of ether oxygens (including phenoxy) is 1. The minimum Gasteiger partial charge on any atom is -0.497 e. The lowest BCUT2D eigenvalue weighted by Gasteiger charge is -1.96. The van der Waals surface area contributed by atoms with Crippen LogP contribution in [0.4, 0.5) is 11.1 Å². The molecule has 0 atom stereocenters. The van der Waals surface area contributed by atoms with Gasteiger partial charge in [0, 0.05) is 0 Å². The highest BCUT2D eigenvalue weighted by Gasteiger charge is 2.08. The molecule has 2 heterocycles. The minimum atomic E-state index is 0.604. The van der Waals surface area contributed by atoms with Crippen molar-refractivity contribution >= 4 is 44.4 Å². The molecule has 8 heteroatoms. The Hall–Kier alpha value is -1.80. The summed E-state index contributed by atoms with van der Waals surface area (Å²) >= 11 is 3.14. The van der Waals surface area contributed by atoms with Crippen molar-refractivity contribution in [3.8, 4) is 5.75 Å². The first-order valence-corrected chi connectivity index (χ1v) is 7.85. The van der Waals surface area contributed by atoms with Crippen LogP contribution in [0.1, 0.15) is 6.92 Å². The molecule has 0 aliphatic carbocycles. The second-order valence-corrected chi connectivity index (χ2v) is 6.14. The maximum atomic E-state index is 5.21. The Bertz CT molecular complexity index is 724. The average molecular weight is 307 g/mol. The Morgan fingerprint density at radius 2 is 2.30 bits per heavy atom. The molecule has 3 rings (SSSR count). The van der Waals surface area contributed by atoms with Crippen molar-refractivity contribution < 1.29 is 4.74 Å². The fraction of sp³-hybridized carbons (Fsp3) is 0.250. The van der Waals surface area contributed by atoms with Crippen LogP contribution >= 0.6 is 23.1 Å². The van der Waals surface area contributed by atoms with Gasteiger partial charge in [-0.25, -0.2) is 10.1 Å². The molecule has 2 aromatic heterocycles. The normalized spacial score (nSPS) is 10.9. The molecule has 20 heavy (non-hydrogen) atoms. The molecule has 0 saturated carbocycles. The molecule has 104 valence electrons. The van der Waals surface area contributed by atoms with Crippen molar-refractivity contribution in [2.24, 2.45) is 0 Å². The van der Waals surface area contributed by atoms with E-state index in [1.807, 2.05) is 18.2 Å². The molecule has 0 amide bonds. The Labute approximate surface area is 124 Å². The lowest BCUT2D eigenvalue weighted by molar-refractivity contribution is 0.415. The van der Waals surface area contributed by atoms with Gasteiger partial charge >= 0.3 is 0 Å². The summed E-state index contributed by atoms with van der Waals surface area (Å²) in [6, 6.07) is 5.81. The van der Waals surface area contributed by atoms with E-state index >= 15 is 0 Å². The van der Waals surface area contributed by atoms with E-state index in [2.05, 4.69) is 32.4 Å². The molecule has 6 nitrogen and oxygen atoms in total. The fourth-order valence-electron chi connectivity index (χ4n) is 1.68. The predicted molar refractivity (Wildman–Crippen MR) is 82.2 cm³/mol. The van der Waals surface area contributed by atoms with Crippen LogP contribution in [-0.2, 0) is 0 Å². The van der Waals surface area contributed by atoms with E-state index in [1.54, 1.807) is 30.2 Å². The standard InChI is InChI=1S/C12H13N5OS2/c1-3-19-12-15-10(16-17-12)14-11-13-8-5-4-7(18-2)6-9(8)20-11/h4-6H,3H2,1-2H3,(H2,13,14,15,16,17). The van der Waals surface area contributed by atoms with Gasteiger partial charge in [0.05, 0.1) is 17.3 Å². The van der Waals surface area contributed by atoms with Crippen molar-refractivity contribution in [3.63, 3.8) is 0 Å². The SMILES string of the molecule is CCSc1n[nH]c(Nc2nc3ccc(OC)cc3s2)n1. The maximum Gasteiger partial charge on any atom is 0.225 e. The van der Waals surface area contributed by atoms with Crippen molar-refractivity contribution in [1.29, 1.82) is 0 Å². The van der Waals surface area contributed by atoms with Crippen LogP contribution in [0.3, 0.4) is 0 Å². The van der Waals surface area contributed by atoms with Crippen molar-refractivity contribution in [2.75, 3.05) is 18.2 Å². The number of H-pyrrole nitrogens is 1. The molecule has 1 aromatic carbocycles. The topological polar surface area (TPSA) is 75.7 Å². The van der Waals surface area contributed by atoms with Gasteiger partial charge < -0.3 is 10.1 Å². The van der Waals surface area contributed by atoms with E-state index in [1.165, 1.54) is 0 Å². The van der Waals surface area contributed by atoms with Crippen LogP contribution in [0.15, 0.2) is 23.4 Å². The average Bonchev–Trinajstić information content (AvgIpc) is 3.05. The van der Waals surface area contributed by atoms with Gasteiger partial charge in [-0.05, 0) is 24.0 Å². The fourth-order valence-corrected chi connectivity index (χ4v) is 3.10. The molecule has 0 spiro atoms. The Morgan fingerprint density at radius 3 is 3.10 bits per heavy atom. The smallest absolute Gasteiger partial charge is 0.225 e. The van der Waals surface area contributed by atoms with Gasteiger partial charge in [-0.3, -0.25) is 0 Å². The number of nitrogens with one attached hydrogen (secondary N) is 2. The molecule has 0 saturated heterocycles. The van der Waals surface area contributed by atoms with Crippen LogP contribution < -0.4 is 10.1 Å². The van der Waals surface area contributed by atoms with Crippen LogP contribution in [0.5, 0.6) is 5.75 Å². The summed E-state index contributed by atoms with van der Waals surface area (Å²) in [4.78, 5) is 8.82. The van der Waals surface area contributed by atoms with E-state index in [-0.39, 0.29) is 0 Å². The summed E-state index contributed by atoms with van der Waals surface area (Å²) in [6.07, 6.45) is 0. The summed E-state index contributed by atoms with van der Waals surface area (Å²) in [5, 5.41) is 11.6. The van der Waals surface area contributed by atoms with Gasteiger partial charge in [0.2, 0.25) is 11.1 Å². The van der Waals surface area contributed by atoms with Gasteiger partial charge in [0.1, 0.15) is 5.75 Å². The predicted octanol–water partition coefficient (Wildman–Crippen LogP) is 3.28. The molecular formula is C12H13N5OS2. The maximum absolute atomic E-state index is 5.21. The second-order valence-electron chi connectivity index (χ2n) is 3.88. The zero-order chi connectivity index (χ0) is 13.9. The highest BCUT2D eigenvalue weighted by atomic mass is 32.2. The number of fused-ring (bicyclic) bond motifs is 1. The summed E-state index contributed by atoms with van der Waals surface area (Å²) in [6.45, 7) is 2.06. The number of hydrogen-bond donors (Lipinski definition) is 2. The molecule has 0 fully saturated rings. The summed E-state index contributed by atoms with van der Waals surface area (Å²) in [5.41, 5.74) is 0.931. The molecule has 0 aliphatic heterocycles. The largest absolute Gasteiger partial charge is 0.497 e. The van der Waals surface area contributed by atoms with Crippen molar-refractivity contribution in [1.82, 2.24) is 20.2 Å². The number of nitrogens with zero attached hydrogens (tertiary/aromatic N) is 3. The quantitative estimate of drug-likeness (QED) is 0.705. The summed E-state index contributed by atoms with van der Waals surface area (Å²) in [7, 11) is 1.66. The number of benzene rings is 1. The van der Waals surface area contributed by atoms with Crippen molar-refractivity contribution in [3.05, 3.63) is 18.2 Å². The van der Waals surface area contributed by atoms with Crippen LogP contribution in [-0.4, -0.2) is 33.0 Å². The highest BCUT2D eigenvalue weighted by Crippen LogP contribution is 2.30. The molecule has 0 bridgehead atoms. The number of hydrogen-bond acceptors (Lipinski definition) is 7. The van der Waals surface area contributed by atoms with E-state index in [0.29, 0.717) is 5.95 Å². The van der Waals surface area contributed by atoms with Gasteiger partial charge in [0.25, 0.3) is 0 Å². The number of thiazole rings is 1. The molecule has 2 N–H and O–H groups in total. The van der Waals surface area contributed by atoms with Crippen LogP contribution in [0, 0.1) is 0 Å². The lowest BCUT2D eigenvalue weighted by atomic mass is 10.3. The lowest BCUT2D eigenvalue weighted by Crippen LogP contribution is -1.91.